The van der Waals surface area contributed by atoms with Gasteiger partial charge in [0.2, 0.25) is 0 Å². The molecule has 4 nitrogen and oxygen atoms in total. The van der Waals surface area contributed by atoms with E-state index in [1.54, 1.807) is 0 Å². The molecule has 0 bridgehead atoms. The largest absolute Gasteiger partial charge is 0.475 e. The van der Waals surface area contributed by atoms with Crippen LogP contribution in [0.25, 0.3) is 10.8 Å². The summed E-state index contributed by atoms with van der Waals surface area (Å²) >= 11 is 5.97. The van der Waals surface area contributed by atoms with E-state index in [4.69, 9.17) is 21.4 Å². The molecule has 0 saturated carbocycles. The number of carboxylic acids is 1. The smallest absolute Gasteiger partial charge is 0.377 e. The van der Waals surface area contributed by atoms with Gasteiger partial charge in [-0.05, 0) is 35.0 Å². The van der Waals surface area contributed by atoms with Gasteiger partial charge < -0.3 is 9.84 Å². The minimum Gasteiger partial charge on any atom is -0.475 e. The molecule has 0 aliphatic rings. The Morgan fingerprint density at radius 1 is 0.870 bits per heavy atom. The fourth-order valence-electron chi connectivity index (χ4n) is 2.23. The number of aliphatic carboxylic acids is 1. The summed E-state index contributed by atoms with van der Waals surface area (Å²) in [6, 6.07) is 17.8. The third-order valence-corrected chi connectivity index (χ3v) is 3.65. The Hall–Kier alpha value is -2.85. The minimum atomic E-state index is -1.55. The average Bonchev–Trinajstić information content (AvgIpc) is 2.54. The van der Waals surface area contributed by atoms with E-state index >= 15 is 0 Å². The Morgan fingerprint density at radius 3 is 2.22 bits per heavy atom. The van der Waals surface area contributed by atoms with Crippen LogP contribution in [0.15, 0.2) is 60.7 Å². The lowest BCUT2D eigenvalue weighted by Gasteiger charge is -2.08. The molecular weight excluding hydrogens is 316 g/mol. The summed E-state index contributed by atoms with van der Waals surface area (Å²) in [6.45, 7) is 0. The molecule has 0 aromatic heterocycles. The first kappa shape index (κ1) is 15.1. The molecule has 0 spiro atoms. The van der Waals surface area contributed by atoms with Crippen LogP contribution in [0.5, 0.6) is 11.5 Å². The predicted molar refractivity (Wildman–Crippen MR) is 87.4 cm³/mol. The van der Waals surface area contributed by atoms with Crippen molar-refractivity contribution in [3.8, 4) is 11.5 Å². The van der Waals surface area contributed by atoms with Gasteiger partial charge in [-0.3, -0.25) is 4.79 Å². The third-order valence-electron chi connectivity index (χ3n) is 3.34. The van der Waals surface area contributed by atoms with Crippen LogP contribution in [0.3, 0.4) is 0 Å². The quantitative estimate of drug-likeness (QED) is 0.564. The van der Waals surface area contributed by atoms with Gasteiger partial charge in [0.15, 0.2) is 0 Å². The van der Waals surface area contributed by atoms with Gasteiger partial charge in [0.05, 0.1) is 5.02 Å². The number of benzene rings is 3. The standard InChI is InChI=1S/C18H11ClO4/c19-16-10-14(7-8-15(16)17(20)18(21)22)23-13-6-5-11-3-1-2-4-12(11)9-13/h1-10H,(H,21,22). The number of fused-ring (bicyclic) bond motifs is 1. The number of Topliss-reactive ketones (excluding diaryl/α,β-unsaturated/α-hetero) is 1. The zero-order chi connectivity index (χ0) is 16.4. The highest BCUT2D eigenvalue weighted by Gasteiger charge is 2.18. The molecule has 0 aliphatic heterocycles. The second-order valence-corrected chi connectivity index (χ2v) is 5.29. The molecule has 3 aromatic rings. The second kappa shape index (κ2) is 6.10. The van der Waals surface area contributed by atoms with Crippen LogP contribution in [0.1, 0.15) is 10.4 Å². The molecule has 0 aliphatic carbocycles. The molecule has 3 aromatic carbocycles. The number of ether oxygens (including phenoxy) is 1. The van der Waals surface area contributed by atoms with Crippen molar-refractivity contribution in [1.82, 2.24) is 0 Å². The monoisotopic (exact) mass is 326 g/mol. The van der Waals surface area contributed by atoms with Crippen molar-refractivity contribution in [2.45, 2.75) is 0 Å². The van der Waals surface area contributed by atoms with Crippen molar-refractivity contribution >= 4 is 34.1 Å². The first-order chi connectivity index (χ1) is 11.0. The summed E-state index contributed by atoms with van der Waals surface area (Å²) < 4.78 is 5.72. The summed E-state index contributed by atoms with van der Waals surface area (Å²) in [5, 5.41) is 10.9. The van der Waals surface area contributed by atoms with Crippen molar-refractivity contribution < 1.29 is 19.4 Å². The van der Waals surface area contributed by atoms with Gasteiger partial charge in [-0.1, -0.05) is 41.9 Å². The predicted octanol–water partition coefficient (Wildman–Crippen LogP) is 4.55. The maximum Gasteiger partial charge on any atom is 0.377 e. The highest BCUT2D eigenvalue weighted by atomic mass is 35.5. The Labute approximate surface area is 136 Å². The Kier molecular flexibility index (Phi) is 4.00. The van der Waals surface area contributed by atoms with E-state index in [1.165, 1.54) is 18.2 Å². The van der Waals surface area contributed by atoms with Gasteiger partial charge in [-0.2, -0.15) is 0 Å². The highest BCUT2D eigenvalue weighted by Crippen LogP contribution is 2.29. The number of ketones is 1. The van der Waals surface area contributed by atoms with E-state index < -0.39 is 11.8 Å². The number of rotatable bonds is 4. The van der Waals surface area contributed by atoms with E-state index in [1.807, 2.05) is 42.5 Å². The number of carbonyl (C=O) groups is 2. The van der Waals surface area contributed by atoms with Crippen LogP contribution in [0, 0.1) is 0 Å². The topological polar surface area (TPSA) is 63.6 Å². The van der Waals surface area contributed by atoms with Crippen LogP contribution in [0.4, 0.5) is 0 Å². The first-order valence-corrected chi connectivity index (χ1v) is 7.16. The molecule has 0 atom stereocenters. The molecule has 0 radical (unpaired) electrons. The van der Waals surface area contributed by atoms with Crippen LogP contribution < -0.4 is 4.74 Å². The lowest BCUT2D eigenvalue weighted by atomic mass is 10.1. The Bertz CT molecular complexity index is 918. The summed E-state index contributed by atoms with van der Waals surface area (Å²) in [4.78, 5) is 22.2. The molecule has 1 N–H and O–H groups in total. The summed E-state index contributed by atoms with van der Waals surface area (Å²) in [6.07, 6.45) is 0. The molecule has 0 fully saturated rings. The van der Waals surface area contributed by atoms with E-state index in [9.17, 15) is 9.59 Å². The van der Waals surface area contributed by atoms with Crippen molar-refractivity contribution in [2.75, 3.05) is 0 Å². The van der Waals surface area contributed by atoms with Gasteiger partial charge in [-0.15, -0.1) is 0 Å². The molecule has 0 heterocycles. The van der Waals surface area contributed by atoms with Crippen molar-refractivity contribution in [3.63, 3.8) is 0 Å². The molecule has 0 saturated heterocycles. The van der Waals surface area contributed by atoms with Gasteiger partial charge in [0, 0.05) is 11.6 Å². The lowest BCUT2D eigenvalue weighted by molar-refractivity contribution is -0.131. The lowest BCUT2D eigenvalue weighted by Crippen LogP contribution is -2.13. The van der Waals surface area contributed by atoms with E-state index in [2.05, 4.69) is 0 Å². The van der Waals surface area contributed by atoms with Gasteiger partial charge in [0.25, 0.3) is 5.78 Å². The number of hydrogen-bond donors (Lipinski definition) is 1. The number of carboxylic acid groups (broad SMARTS) is 1. The fourth-order valence-corrected chi connectivity index (χ4v) is 2.48. The fraction of sp³-hybridized carbons (Fsp3) is 0. The maximum absolute atomic E-state index is 11.5. The number of halogens is 1. The SMILES string of the molecule is O=C(O)C(=O)c1ccc(Oc2ccc3ccccc3c2)cc1Cl. The average molecular weight is 327 g/mol. The van der Waals surface area contributed by atoms with Crippen LogP contribution in [0.2, 0.25) is 5.02 Å². The molecule has 5 heteroatoms. The second-order valence-electron chi connectivity index (χ2n) is 4.89. The van der Waals surface area contributed by atoms with E-state index in [0.29, 0.717) is 11.5 Å². The van der Waals surface area contributed by atoms with Crippen molar-refractivity contribution in [1.29, 1.82) is 0 Å². The molecular formula is C18H11ClO4. The highest BCUT2D eigenvalue weighted by molar-refractivity contribution is 6.45. The summed E-state index contributed by atoms with van der Waals surface area (Å²) in [7, 11) is 0. The van der Waals surface area contributed by atoms with Gasteiger partial charge >= 0.3 is 5.97 Å². The molecule has 0 unspecified atom stereocenters. The Morgan fingerprint density at radius 2 is 1.52 bits per heavy atom. The number of hydrogen-bond acceptors (Lipinski definition) is 3. The van der Waals surface area contributed by atoms with Crippen LogP contribution in [-0.4, -0.2) is 16.9 Å². The molecule has 3 rings (SSSR count). The summed E-state index contributed by atoms with van der Waals surface area (Å²) in [5.74, 6) is -1.55. The minimum absolute atomic E-state index is 0.0377. The van der Waals surface area contributed by atoms with Crippen LogP contribution in [-0.2, 0) is 4.79 Å². The van der Waals surface area contributed by atoms with Gasteiger partial charge in [0.1, 0.15) is 11.5 Å². The van der Waals surface area contributed by atoms with Crippen LogP contribution >= 0.6 is 11.6 Å². The maximum atomic E-state index is 11.5. The van der Waals surface area contributed by atoms with E-state index in [0.717, 1.165) is 10.8 Å². The zero-order valence-corrected chi connectivity index (χ0v) is 12.6. The molecule has 23 heavy (non-hydrogen) atoms. The number of carbonyl (C=O) groups excluding carboxylic acids is 1. The zero-order valence-electron chi connectivity index (χ0n) is 11.8. The summed E-state index contributed by atoms with van der Waals surface area (Å²) in [5.41, 5.74) is -0.0648. The normalized spacial score (nSPS) is 10.5. The van der Waals surface area contributed by atoms with E-state index in [-0.39, 0.29) is 10.6 Å². The Balaban J connectivity index is 1.88. The van der Waals surface area contributed by atoms with Crippen molar-refractivity contribution in [3.05, 3.63) is 71.2 Å². The molecule has 0 amide bonds. The third kappa shape index (κ3) is 3.17. The molecule has 114 valence electrons. The first-order valence-electron chi connectivity index (χ1n) is 6.78. The van der Waals surface area contributed by atoms with Gasteiger partial charge in [-0.25, -0.2) is 4.79 Å². The van der Waals surface area contributed by atoms with Crippen molar-refractivity contribution in [2.24, 2.45) is 0 Å².